The maximum atomic E-state index is 12.5. The quantitative estimate of drug-likeness (QED) is 0.897. The SMILES string of the molecule is O=C1CC(c2ccccc2)N(C(=O)COCC2CC2)CCN1. The number of carbonyl (C=O) groups is 2. The van der Waals surface area contributed by atoms with Crippen LogP contribution in [0, 0.1) is 5.92 Å². The first-order valence-corrected chi connectivity index (χ1v) is 7.93. The van der Waals surface area contributed by atoms with Crippen molar-refractivity contribution in [3.8, 4) is 0 Å². The Kier molecular flexibility index (Phi) is 4.73. The minimum atomic E-state index is -0.208. The van der Waals surface area contributed by atoms with Gasteiger partial charge in [-0.15, -0.1) is 0 Å². The highest BCUT2D eigenvalue weighted by Gasteiger charge is 2.30. The lowest BCUT2D eigenvalue weighted by molar-refractivity contribution is -0.138. The van der Waals surface area contributed by atoms with E-state index in [1.54, 1.807) is 4.90 Å². The number of hydrogen-bond donors (Lipinski definition) is 1. The fourth-order valence-electron chi connectivity index (χ4n) is 2.78. The Morgan fingerprint density at radius 2 is 2.05 bits per heavy atom. The number of carbonyl (C=O) groups excluding carboxylic acids is 2. The topological polar surface area (TPSA) is 58.6 Å². The van der Waals surface area contributed by atoms with Crippen molar-refractivity contribution in [2.24, 2.45) is 5.92 Å². The van der Waals surface area contributed by atoms with Gasteiger partial charge in [-0.1, -0.05) is 30.3 Å². The molecule has 1 aromatic carbocycles. The van der Waals surface area contributed by atoms with Crippen LogP contribution >= 0.6 is 0 Å². The Morgan fingerprint density at radius 3 is 2.77 bits per heavy atom. The van der Waals surface area contributed by atoms with Crippen LogP contribution < -0.4 is 5.32 Å². The molecule has 1 heterocycles. The summed E-state index contributed by atoms with van der Waals surface area (Å²) in [6.07, 6.45) is 2.73. The van der Waals surface area contributed by atoms with E-state index in [1.807, 2.05) is 30.3 Å². The van der Waals surface area contributed by atoms with Crippen LogP contribution in [0.15, 0.2) is 30.3 Å². The zero-order valence-electron chi connectivity index (χ0n) is 12.7. The summed E-state index contributed by atoms with van der Waals surface area (Å²) < 4.78 is 5.53. The van der Waals surface area contributed by atoms with E-state index in [0.717, 1.165) is 5.56 Å². The summed E-state index contributed by atoms with van der Waals surface area (Å²) in [5.74, 6) is 0.596. The molecular weight excluding hydrogens is 280 g/mol. The van der Waals surface area contributed by atoms with Gasteiger partial charge in [-0.3, -0.25) is 9.59 Å². The molecule has 2 aliphatic rings. The first-order valence-electron chi connectivity index (χ1n) is 7.93. The molecule has 1 aromatic rings. The lowest BCUT2D eigenvalue weighted by Crippen LogP contribution is -2.39. The Balaban J connectivity index is 1.69. The lowest BCUT2D eigenvalue weighted by Gasteiger charge is -2.29. The van der Waals surface area contributed by atoms with Crippen LogP contribution in [0.25, 0.3) is 0 Å². The van der Waals surface area contributed by atoms with E-state index in [9.17, 15) is 9.59 Å². The van der Waals surface area contributed by atoms with Crippen LogP contribution in [0.5, 0.6) is 0 Å². The summed E-state index contributed by atoms with van der Waals surface area (Å²) >= 11 is 0. The summed E-state index contributed by atoms with van der Waals surface area (Å²) in [7, 11) is 0. The van der Waals surface area contributed by atoms with Crippen molar-refractivity contribution in [1.29, 1.82) is 0 Å². The molecule has 22 heavy (non-hydrogen) atoms. The van der Waals surface area contributed by atoms with Gasteiger partial charge in [-0.25, -0.2) is 0 Å². The first kappa shape index (κ1) is 15.0. The van der Waals surface area contributed by atoms with Crippen molar-refractivity contribution in [2.75, 3.05) is 26.3 Å². The molecule has 1 N–H and O–H groups in total. The Hall–Kier alpha value is -1.88. The summed E-state index contributed by atoms with van der Waals surface area (Å²) in [6, 6.07) is 9.53. The Morgan fingerprint density at radius 1 is 1.27 bits per heavy atom. The highest BCUT2D eigenvalue weighted by molar-refractivity contribution is 5.82. The summed E-state index contributed by atoms with van der Waals surface area (Å²) in [5, 5.41) is 2.84. The van der Waals surface area contributed by atoms with Gasteiger partial charge in [0.15, 0.2) is 0 Å². The van der Waals surface area contributed by atoms with Crippen molar-refractivity contribution < 1.29 is 14.3 Å². The zero-order chi connectivity index (χ0) is 15.4. The number of nitrogens with one attached hydrogen (secondary N) is 1. The van der Waals surface area contributed by atoms with Crippen molar-refractivity contribution in [1.82, 2.24) is 10.2 Å². The lowest BCUT2D eigenvalue weighted by atomic mass is 10.0. The standard InChI is InChI=1S/C17H22N2O3/c20-16-10-15(14-4-2-1-3-5-14)19(9-8-18-16)17(21)12-22-11-13-6-7-13/h1-5,13,15H,6-12H2,(H,18,20). The van der Waals surface area contributed by atoms with Crippen LogP contribution in [0.2, 0.25) is 0 Å². The molecule has 1 aliphatic heterocycles. The van der Waals surface area contributed by atoms with E-state index in [-0.39, 0.29) is 24.5 Å². The molecule has 0 bridgehead atoms. The van der Waals surface area contributed by atoms with Gasteiger partial charge >= 0.3 is 0 Å². The monoisotopic (exact) mass is 302 g/mol. The maximum absolute atomic E-state index is 12.5. The van der Waals surface area contributed by atoms with Crippen LogP contribution in [0.3, 0.4) is 0 Å². The van der Waals surface area contributed by atoms with E-state index in [4.69, 9.17) is 4.74 Å². The molecule has 1 aliphatic carbocycles. The van der Waals surface area contributed by atoms with Gasteiger partial charge in [0.25, 0.3) is 0 Å². The van der Waals surface area contributed by atoms with Crippen molar-refractivity contribution >= 4 is 11.8 Å². The molecular formula is C17H22N2O3. The fraction of sp³-hybridized carbons (Fsp3) is 0.529. The predicted octanol–water partition coefficient (Wildman–Crippen LogP) is 1.50. The smallest absolute Gasteiger partial charge is 0.249 e. The van der Waals surface area contributed by atoms with E-state index in [1.165, 1.54) is 12.8 Å². The number of nitrogens with zero attached hydrogens (tertiary/aromatic N) is 1. The molecule has 5 heteroatoms. The third-order valence-electron chi connectivity index (χ3n) is 4.21. The molecule has 0 radical (unpaired) electrons. The molecule has 5 nitrogen and oxygen atoms in total. The van der Waals surface area contributed by atoms with Gasteiger partial charge in [0.05, 0.1) is 19.1 Å². The normalized spacial score (nSPS) is 22.1. The van der Waals surface area contributed by atoms with Crippen LogP contribution in [-0.2, 0) is 14.3 Å². The van der Waals surface area contributed by atoms with Gasteiger partial charge in [0.1, 0.15) is 6.61 Å². The maximum Gasteiger partial charge on any atom is 0.249 e. The second kappa shape index (κ2) is 6.92. The molecule has 3 rings (SSSR count). The molecule has 0 aromatic heterocycles. The van der Waals surface area contributed by atoms with Crippen LogP contribution in [0.1, 0.15) is 30.9 Å². The minimum Gasteiger partial charge on any atom is -0.371 e. The van der Waals surface area contributed by atoms with Crippen LogP contribution in [-0.4, -0.2) is 43.0 Å². The second-order valence-corrected chi connectivity index (χ2v) is 6.03. The van der Waals surface area contributed by atoms with Gasteiger partial charge in [0.2, 0.25) is 11.8 Å². The fourth-order valence-corrected chi connectivity index (χ4v) is 2.78. The van der Waals surface area contributed by atoms with Crippen LogP contribution in [0.4, 0.5) is 0 Å². The van der Waals surface area contributed by atoms with Gasteiger partial charge < -0.3 is 15.0 Å². The molecule has 118 valence electrons. The molecule has 0 spiro atoms. The largest absolute Gasteiger partial charge is 0.371 e. The second-order valence-electron chi connectivity index (χ2n) is 6.03. The van der Waals surface area contributed by atoms with Gasteiger partial charge in [-0.2, -0.15) is 0 Å². The van der Waals surface area contributed by atoms with Gasteiger partial charge in [0, 0.05) is 13.1 Å². The number of benzene rings is 1. The number of ether oxygens (including phenoxy) is 1. The molecule has 1 saturated carbocycles. The number of rotatable bonds is 5. The van der Waals surface area contributed by atoms with E-state index < -0.39 is 0 Å². The zero-order valence-corrected chi connectivity index (χ0v) is 12.7. The number of amides is 2. The first-order chi connectivity index (χ1) is 10.7. The van der Waals surface area contributed by atoms with E-state index in [2.05, 4.69) is 5.32 Å². The third-order valence-corrected chi connectivity index (χ3v) is 4.21. The summed E-state index contributed by atoms with van der Waals surface area (Å²) in [6.45, 7) is 1.80. The van der Waals surface area contributed by atoms with Gasteiger partial charge in [-0.05, 0) is 24.3 Å². The average Bonchev–Trinajstić information content (AvgIpc) is 3.35. The molecule has 1 saturated heterocycles. The molecule has 1 unspecified atom stereocenters. The van der Waals surface area contributed by atoms with Crippen molar-refractivity contribution in [2.45, 2.75) is 25.3 Å². The van der Waals surface area contributed by atoms with Crippen molar-refractivity contribution in [3.05, 3.63) is 35.9 Å². The minimum absolute atomic E-state index is 0.0111. The number of hydrogen-bond acceptors (Lipinski definition) is 3. The average molecular weight is 302 g/mol. The van der Waals surface area contributed by atoms with Crippen molar-refractivity contribution in [3.63, 3.8) is 0 Å². The summed E-state index contributed by atoms with van der Waals surface area (Å²) in [5.41, 5.74) is 0.995. The highest BCUT2D eigenvalue weighted by Crippen LogP contribution is 2.29. The molecule has 1 atom stereocenters. The van der Waals surface area contributed by atoms with E-state index in [0.29, 0.717) is 32.0 Å². The summed E-state index contributed by atoms with van der Waals surface area (Å²) in [4.78, 5) is 26.1. The Bertz CT molecular complexity index is 528. The Labute approximate surface area is 130 Å². The highest BCUT2D eigenvalue weighted by atomic mass is 16.5. The third kappa shape index (κ3) is 3.85. The molecule has 2 fully saturated rings. The molecule has 2 amide bonds. The van der Waals surface area contributed by atoms with E-state index >= 15 is 0 Å². The predicted molar refractivity (Wildman–Crippen MR) is 82.1 cm³/mol.